The summed E-state index contributed by atoms with van der Waals surface area (Å²) in [5.74, 6) is 0.445. The topological polar surface area (TPSA) is 66.5 Å². The van der Waals surface area contributed by atoms with Crippen LogP contribution in [0.3, 0.4) is 0 Å². The SMILES string of the molecule is Cc1ccc(N(CC(=O)NCCSC(C)(C)C)S(=O)(=O)c2ccccc2)cc1. The highest BCUT2D eigenvalue weighted by atomic mass is 32.2. The molecule has 7 heteroatoms. The zero-order chi connectivity index (χ0) is 20.8. The minimum atomic E-state index is -3.85. The van der Waals surface area contributed by atoms with Crippen LogP contribution in [-0.4, -0.2) is 37.9 Å². The molecule has 0 aliphatic rings. The minimum Gasteiger partial charge on any atom is -0.354 e. The normalized spacial score (nSPS) is 11.9. The summed E-state index contributed by atoms with van der Waals surface area (Å²) in [7, 11) is -3.85. The lowest BCUT2D eigenvalue weighted by molar-refractivity contribution is -0.119. The van der Waals surface area contributed by atoms with Crippen LogP contribution in [0.25, 0.3) is 0 Å². The molecule has 0 saturated carbocycles. The fourth-order valence-corrected chi connectivity index (χ4v) is 4.74. The van der Waals surface area contributed by atoms with E-state index in [1.54, 1.807) is 42.1 Å². The van der Waals surface area contributed by atoms with Crippen LogP contribution in [0.2, 0.25) is 0 Å². The van der Waals surface area contributed by atoms with Crippen molar-refractivity contribution in [3.8, 4) is 0 Å². The Morgan fingerprint density at radius 2 is 1.64 bits per heavy atom. The number of amides is 1. The number of nitrogens with one attached hydrogen (secondary N) is 1. The Kier molecular flexibility index (Phi) is 7.55. The van der Waals surface area contributed by atoms with Crippen molar-refractivity contribution in [2.45, 2.75) is 37.3 Å². The Morgan fingerprint density at radius 3 is 2.21 bits per heavy atom. The van der Waals surface area contributed by atoms with Crippen LogP contribution in [-0.2, 0) is 14.8 Å². The summed E-state index contributed by atoms with van der Waals surface area (Å²) in [6.07, 6.45) is 0. The molecule has 0 radical (unpaired) electrons. The van der Waals surface area contributed by atoms with Crippen LogP contribution in [0.4, 0.5) is 5.69 Å². The van der Waals surface area contributed by atoms with Gasteiger partial charge in [0, 0.05) is 17.0 Å². The summed E-state index contributed by atoms with van der Waals surface area (Å²) in [6.45, 7) is 8.51. The number of anilines is 1. The maximum Gasteiger partial charge on any atom is 0.264 e. The predicted octanol–water partition coefficient (Wildman–Crippen LogP) is 3.84. The molecule has 0 aliphatic carbocycles. The number of carbonyl (C=O) groups excluding carboxylic acids is 1. The molecule has 0 bridgehead atoms. The number of carbonyl (C=O) groups is 1. The van der Waals surface area contributed by atoms with E-state index in [1.165, 1.54) is 12.1 Å². The van der Waals surface area contributed by atoms with E-state index in [0.29, 0.717) is 12.2 Å². The molecular formula is C21H28N2O3S2. The Labute approximate surface area is 172 Å². The van der Waals surface area contributed by atoms with Crippen molar-refractivity contribution in [1.29, 1.82) is 0 Å². The molecule has 1 N–H and O–H groups in total. The fourth-order valence-electron chi connectivity index (χ4n) is 2.48. The maximum absolute atomic E-state index is 13.2. The van der Waals surface area contributed by atoms with Crippen molar-refractivity contribution in [2.75, 3.05) is 23.1 Å². The van der Waals surface area contributed by atoms with Crippen molar-refractivity contribution in [2.24, 2.45) is 0 Å². The molecule has 0 fully saturated rings. The smallest absolute Gasteiger partial charge is 0.264 e. The number of sulfonamides is 1. The third-order valence-electron chi connectivity index (χ3n) is 3.90. The first kappa shape index (κ1) is 22.3. The summed E-state index contributed by atoms with van der Waals surface area (Å²) in [6, 6.07) is 15.3. The maximum atomic E-state index is 13.2. The number of nitrogens with zero attached hydrogens (tertiary/aromatic N) is 1. The number of hydrogen-bond acceptors (Lipinski definition) is 4. The quantitative estimate of drug-likeness (QED) is 0.659. The summed E-state index contributed by atoms with van der Waals surface area (Å²) in [5, 5.41) is 2.82. The van der Waals surface area contributed by atoms with Gasteiger partial charge in [-0.15, -0.1) is 0 Å². The van der Waals surface area contributed by atoms with E-state index in [9.17, 15) is 13.2 Å². The van der Waals surface area contributed by atoms with Gasteiger partial charge in [-0.1, -0.05) is 56.7 Å². The molecule has 2 aromatic carbocycles. The third-order valence-corrected chi connectivity index (χ3v) is 6.96. The molecule has 0 unspecified atom stereocenters. The highest BCUT2D eigenvalue weighted by molar-refractivity contribution is 8.00. The standard InChI is InChI=1S/C21H28N2O3S2/c1-17-10-12-18(13-11-17)23(28(25,26)19-8-6-5-7-9-19)16-20(24)22-14-15-27-21(2,3)4/h5-13H,14-16H2,1-4H3,(H,22,24). The first-order chi connectivity index (χ1) is 13.1. The van der Waals surface area contributed by atoms with Gasteiger partial charge in [-0.2, -0.15) is 11.8 Å². The molecule has 0 aromatic heterocycles. The molecule has 0 atom stereocenters. The Hall–Kier alpha value is -1.99. The number of rotatable bonds is 8. The van der Waals surface area contributed by atoms with Gasteiger partial charge < -0.3 is 5.32 Å². The lowest BCUT2D eigenvalue weighted by atomic mass is 10.2. The van der Waals surface area contributed by atoms with Gasteiger partial charge in [0.25, 0.3) is 10.0 Å². The lowest BCUT2D eigenvalue weighted by Crippen LogP contribution is -2.41. The summed E-state index contributed by atoms with van der Waals surface area (Å²) < 4.78 is 27.6. The van der Waals surface area contributed by atoms with Gasteiger partial charge in [0.15, 0.2) is 0 Å². The lowest BCUT2D eigenvalue weighted by Gasteiger charge is -2.24. The summed E-state index contributed by atoms with van der Waals surface area (Å²) >= 11 is 1.75. The van der Waals surface area contributed by atoms with Gasteiger partial charge in [0.2, 0.25) is 5.91 Å². The average Bonchev–Trinajstić information content (AvgIpc) is 2.64. The van der Waals surface area contributed by atoms with Crippen molar-refractivity contribution >= 4 is 33.4 Å². The van der Waals surface area contributed by atoms with Crippen LogP contribution in [0.5, 0.6) is 0 Å². The highest BCUT2D eigenvalue weighted by Crippen LogP contribution is 2.24. The second-order valence-electron chi connectivity index (χ2n) is 7.47. The molecule has 5 nitrogen and oxygen atoms in total. The molecule has 2 rings (SSSR count). The van der Waals surface area contributed by atoms with Gasteiger partial charge >= 0.3 is 0 Å². The van der Waals surface area contributed by atoms with E-state index in [0.717, 1.165) is 15.6 Å². The number of thioether (sulfide) groups is 1. The Bertz CT molecular complexity index is 874. The van der Waals surface area contributed by atoms with Gasteiger partial charge in [-0.05, 0) is 31.2 Å². The van der Waals surface area contributed by atoms with E-state index in [-0.39, 0.29) is 22.1 Å². The summed E-state index contributed by atoms with van der Waals surface area (Å²) in [5.41, 5.74) is 1.48. The van der Waals surface area contributed by atoms with Gasteiger partial charge in [0.05, 0.1) is 10.6 Å². The van der Waals surface area contributed by atoms with Crippen molar-refractivity contribution in [3.05, 3.63) is 60.2 Å². The second kappa shape index (κ2) is 9.47. The van der Waals surface area contributed by atoms with Gasteiger partial charge in [-0.3, -0.25) is 9.10 Å². The van der Waals surface area contributed by atoms with Crippen LogP contribution in [0.15, 0.2) is 59.5 Å². The largest absolute Gasteiger partial charge is 0.354 e. The molecule has 0 spiro atoms. The molecule has 0 aliphatic heterocycles. The van der Waals surface area contributed by atoms with Crippen molar-refractivity contribution in [3.63, 3.8) is 0 Å². The third kappa shape index (κ3) is 6.56. The molecule has 0 saturated heterocycles. The van der Waals surface area contributed by atoms with E-state index >= 15 is 0 Å². The molecule has 28 heavy (non-hydrogen) atoms. The summed E-state index contributed by atoms with van der Waals surface area (Å²) in [4.78, 5) is 12.6. The first-order valence-corrected chi connectivity index (χ1v) is 11.6. The zero-order valence-corrected chi connectivity index (χ0v) is 18.4. The molecule has 2 aromatic rings. The Morgan fingerprint density at radius 1 is 1.04 bits per heavy atom. The van der Waals surface area contributed by atoms with E-state index in [1.807, 2.05) is 19.1 Å². The van der Waals surface area contributed by atoms with E-state index in [2.05, 4.69) is 26.1 Å². The Balaban J connectivity index is 2.18. The number of aryl methyl sites for hydroxylation is 1. The molecule has 0 heterocycles. The molecule has 1 amide bonds. The highest BCUT2D eigenvalue weighted by Gasteiger charge is 2.27. The first-order valence-electron chi connectivity index (χ1n) is 9.15. The van der Waals surface area contributed by atoms with Crippen molar-refractivity contribution < 1.29 is 13.2 Å². The van der Waals surface area contributed by atoms with Crippen LogP contribution < -0.4 is 9.62 Å². The zero-order valence-electron chi connectivity index (χ0n) is 16.8. The number of benzene rings is 2. The van der Waals surface area contributed by atoms with E-state index in [4.69, 9.17) is 0 Å². The number of hydrogen-bond donors (Lipinski definition) is 1. The van der Waals surface area contributed by atoms with Crippen LogP contribution in [0.1, 0.15) is 26.3 Å². The predicted molar refractivity (Wildman–Crippen MR) is 117 cm³/mol. The monoisotopic (exact) mass is 420 g/mol. The fraction of sp³-hybridized carbons (Fsp3) is 0.381. The second-order valence-corrected chi connectivity index (χ2v) is 11.3. The van der Waals surface area contributed by atoms with Crippen LogP contribution >= 0.6 is 11.8 Å². The minimum absolute atomic E-state index is 0.120. The van der Waals surface area contributed by atoms with Crippen LogP contribution in [0, 0.1) is 6.92 Å². The molecule has 152 valence electrons. The molecular weight excluding hydrogens is 392 g/mol. The van der Waals surface area contributed by atoms with Gasteiger partial charge in [0.1, 0.15) is 6.54 Å². The van der Waals surface area contributed by atoms with Crippen molar-refractivity contribution in [1.82, 2.24) is 5.32 Å². The van der Waals surface area contributed by atoms with E-state index < -0.39 is 10.0 Å². The average molecular weight is 421 g/mol. The van der Waals surface area contributed by atoms with Gasteiger partial charge in [-0.25, -0.2) is 8.42 Å².